The van der Waals surface area contributed by atoms with E-state index < -0.39 is 0 Å². The second kappa shape index (κ2) is 14.1. The third-order valence-corrected chi connectivity index (χ3v) is 10.8. The second-order valence-corrected chi connectivity index (χ2v) is 14.2. The zero-order valence-corrected chi connectivity index (χ0v) is 30.9. The summed E-state index contributed by atoms with van der Waals surface area (Å²) in [6.45, 7) is 1.78. The van der Waals surface area contributed by atoms with Gasteiger partial charge in [-0.2, -0.15) is 0 Å². The number of rotatable bonds is 10. The Labute approximate surface area is 319 Å². The number of carbonyl (C=O) groups is 2. The van der Waals surface area contributed by atoms with Crippen LogP contribution < -0.4 is 39.4 Å². The molecule has 9 rings (SSSR count). The van der Waals surface area contributed by atoms with Crippen LogP contribution in [0.5, 0.6) is 23.0 Å². The monoisotopic (exact) mass is 735 g/mol. The first kappa shape index (κ1) is 34.4. The Hall–Kier alpha value is -6.33. The van der Waals surface area contributed by atoms with E-state index in [2.05, 4.69) is 34.9 Å². The van der Waals surface area contributed by atoms with Gasteiger partial charge in [0.15, 0.2) is 23.0 Å². The van der Waals surface area contributed by atoms with E-state index >= 15 is 0 Å². The van der Waals surface area contributed by atoms with E-state index in [1.165, 1.54) is 5.56 Å². The lowest BCUT2D eigenvalue weighted by Crippen LogP contribution is -2.39. The molecule has 0 spiro atoms. The van der Waals surface area contributed by atoms with E-state index in [4.69, 9.17) is 23.9 Å². The van der Waals surface area contributed by atoms with Gasteiger partial charge in [0, 0.05) is 49.2 Å². The lowest BCUT2D eigenvalue weighted by molar-refractivity contribution is 0.0976. The molecule has 0 bridgehead atoms. The molecule has 0 aromatic heterocycles. The predicted molar refractivity (Wildman–Crippen MR) is 212 cm³/mol. The maximum absolute atomic E-state index is 13.9. The molecule has 4 heterocycles. The molecular weight excluding hydrogens is 695 g/mol. The molecule has 0 fully saturated rings. The normalized spacial score (nSPS) is 17.5. The summed E-state index contributed by atoms with van der Waals surface area (Å²) in [5.41, 5.74) is 9.40. The van der Waals surface area contributed by atoms with E-state index in [0.717, 1.165) is 52.2 Å². The first-order chi connectivity index (χ1) is 26.9. The van der Waals surface area contributed by atoms with Gasteiger partial charge in [-0.05, 0) is 71.6 Å². The number of anilines is 3. The summed E-state index contributed by atoms with van der Waals surface area (Å²) in [5, 5.41) is 6.74. The van der Waals surface area contributed by atoms with Crippen molar-refractivity contribution < 1.29 is 28.5 Å². The first-order valence-electron chi connectivity index (χ1n) is 18.5. The number of benzene rings is 5. The highest BCUT2D eigenvalue weighted by Gasteiger charge is 2.38. The minimum atomic E-state index is -0.149. The summed E-state index contributed by atoms with van der Waals surface area (Å²) in [6, 6.07) is 29.3. The van der Waals surface area contributed by atoms with E-state index in [1.54, 1.807) is 32.4 Å². The molecule has 4 aliphatic heterocycles. The van der Waals surface area contributed by atoms with Crippen LogP contribution in [-0.4, -0.2) is 57.9 Å². The van der Waals surface area contributed by atoms with Crippen molar-refractivity contribution in [3.8, 4) is 23.0 Å². The number of carbonyl (C=O) groups excluding carboxylic acids is 2. The van der Waals surface area contributed by atoms with Crippen molar-refractivity contribution in [2.45, 2.75) is 44.7 Å². The highest BCUT2D eigenvalue weighted by atomic mass is 16.5. The molecule has 5 aromatic carbocycles. The molecule has 2 atom stereocenters. The van der Waals surface area contributed by atoms with Gasteiger partial charge in [0.1, 0.15) is 13.2 Å². The van der Waals surface area contributed by atoms with Crippen LogP contribution in [-0.2, 0) is 32.6 Å². The third-order valence-electron chi connectivity index (χ3n) is 10.8. The standard InChI is InChI=1S/C44H41N5O6/c1-45-21-26-12-27(24-54-41-19-35-33(17-39(41)52-2)43(50)48-31(22-46-35)15-29-8-4-6-10-37(29)48)14-28(13-26)25-55-42-20-36-34(18-40(42)53-3)44(51)49-32(23-47-36)16-30-9-5-7-11-38(30)49/h4-14,17-20,22,31-32,45,47H,15-16,21,23-25H2,1-3H3/t31-,32-/m0/s1. The summed E-state index contributed by atoms with van der Waals surface area (Å²) in [5.74, 6) is 1.79. The Morgan fingerprint density at radius 2 is 1.31 bits per heavy atom. The Kier molecular flexibility index (Phi) is 8.86. The van der Waals surface area contributed by atoms with Crippen molar-refractivity contribution in [2.24, 2.45) is 4.99 Å². The number of methoxy groups -OCH3 is 2. The number of para-hydroxylation sites is 2. The summed E-state index contributed by atoms with van der Waals surface area (Å²) in [6.07, 6.45) is 3.38. The molecule has 11 nitrogen and oxygen atoms in total. The van der Waals surface area contributed by atoms with Crippen LogP contribution in [0.25, 0.3) is 0 Å². The maximum Gasteiger partial charge on any atom is 0.261 e. The van der Waals surface area contributed by atoms with E-state index in [-0.39, 0.29) is 37.1 Å². The van der Waals surface area contributed by atoms with Gasteiger partial charge in [-0.3, -0.25) is 19.5 Å². The van der Waals surface area contributed by atoms with Crippen LogP contribution >= 0.6 is 0 Å². The van der Waals surface area contributed by atoms with E-state index in [0.29, 0.717) is 52.9 Å². The van der Waals surface area contributed by atoms with Crippen LogP contribution in [0.1, 0.15) is 48.5 Å². The van der Waals surface area contributed by atoms with Crippen LogP contribution in [0.15, 0.2) is 96.0 Å². The fourth-order valence-corrected chi connectivity index (χ4v) is 8.24. The Morgan fingerprint density at radius 1 is 0.709 bits per heavy atom. The van der Waals surface area contributed by atoms with Gasteiger partial charge < -0.3 is 34.5 Å². The zero-order valence-electron chi connectivity index (χ0n) is 30.9. The molecule has 0 radical (unpaired) electrons. The molecule has 0 unspecified atom stereocenters. The fraction of sp³-hybridized carbons (Fsp3) is 0.250. The van der Waals surface area contributed by atoms with Gasteiger partial charge >= 0.3 is 0 Å². The van der Waals surface area contributed by atoms with Crippen molar-refractivity contribution in [1.29, 1.82) is 0 Å². The molecule has 0 saturated heterocycles. The lowest BCUT2D eigenvalue weighted by atomic mass is 10.1. The topological polar surface area (TPSA) is 114 Å². The summed E-state index contributed by atoms with van der Waals surface area (Å²) >= 11 is 0. The van der Waals surface area contributed by atoms with Gasteiger partial charge in [-0.1, -0.05) is 48.5 Å². The third kappa shape index (κ3) is 6.20. The Morgan fingerprint density at radius 3 is 2.00 bits per heavy atom. The van der Waals surface area contributed by atoms with Gasteiger partial charge in [-0.15, -0.1) is 0 Å². The number of fused-ring (bicyclic) bond motifs is 8. The van der Waals surface area contributed by atoms with Crippen molar-refractivity contribution in [3.63, 3.8) is 0 Å². The summed E-state index contributed by atoms with van der Waals surface area (Å²) < 4.78 is 24.3. The lowest BCUT2D eigenvalue weighted by Gasteiger charge is -2.22. The zero-order chi connectivity index (χ0) is 37.6. The fourth-order valence-electron chi connectivity index (χ4n) is 8.24. The van der Waals surface area contributed by atoms with Crippen molar-refractivity contribution >= 4 is 40.8 Å². The molecule has 4 aliphatic rings. The van der Waals surface area contributed by atoms with Crippen LogP contribution in [0.4, 0.5) is 22.7 Å². The minimum Gasteiger partial charge on any atom is -0.493 e. The number of nitrogens with zero attached hydrogens (tertiary/aromatic N) is 3. The number of hydrogen-bond acceptors (Lipinski definition) is 9. The minimum absolute atomic E-state index is 0.0279. The highest BCUT2D eigenvalue weighted by Crippen LogP contribution is 2.43. The molecule has 11 heteroatoms. The van der Waals surface area contributed by atoms with Crippen molar-refractivity contribution in [3.05, 3.63) is 130 Å². The van der Waals surface area contributed by atoms with E-state index in [9.17, 15) is 9.59 Å². The van der Waals surface area contributed by atoms with Gasteiger partial charge in [0.05, 0.1) is 48.8 Å². The van der Waals surface area contributed by atoms with Crippen LogP contribution in [0, 0.1) is 0 Å². The molecule has 278 valence electrons. The second-order valence-electron chi connectivity index (χ2n) is 14.2. The number of nitrogens with one attached hydrogen (secondary N) is 2. The highest BCUT2D eigenvalue weighted by molar-refractivity contribution is 6.15. The van der Waals surface area contributed by atoms with Crippen molar-refractivity contribution in [1.82, 2.24) is 5.32 Å². The molecule has 2 N–H and O–H groups in total. The van der Waals surface area contributed by atoms with E-state index in [1.807, 2.05) is 71.6 Å². The van der Waals surface area contributed by atoms with Crippen molar-refractivity contribution in [2.75, 3.05) is 42.9 Å². The quantitative estimate of drug-likeness (QED) is 0.160. The molecule has 5 aromatic rings. The molecule has 55 heavy (non-hydrogen) atoms. The molecule has 0 aliphatic carbocycles. The summed E-state index contributed by atoms with van der Waals surface area (Å²) in [4.78, 5) is 36.2. The van der Waals surface area contributed by atoms with Gasteiger partial charge in [-0.25, -0.2) is 0 Å². The van der Waals surface area contributed by atoms with Crippen LogP contribution in [0.3, 0.4) is 0 Å². The number of hydrogen-bond donors (Lipinski definition) is 2. The Balaban J connectivity index is 0.941. The Bertz CT molecular complexity index is 2380. The number of ether oxygens (including phenoxy) is 4. The molecule has 2 amide bonds. The average molecular weight is 736 g/mol. The largest absolute Gasteiger partial charge is 0.493 e. The average Bonchev–Trinajstić information content (AvgIpc) is 3.70. The number of aliphatic imine (C=N–C) groups is 1. The molecule has 0 saturated carbocycles. The summed E-state index contributed by atoms with van der Waals surface area (Å²) in [7, 11) is 5.06. The maximum atomic E-state index is 13.9. The first-order valence-corrected chi connectivity index (χ1v) is 18.5. The SMILES string of the molecule is CNCc1cc(COc2cc3c(cc2OC)C(=O)N2c4ccccc4C[C@H]2C=N3)cc(COc2cc3c(cc2OC)C(=O)N2c4ccccc4C[C@H]2CN3)c1. The van der Waals surface area contributed by atoms with Crippen LogP contribution in [0.2, 0.25) is 0 Å². The number of amides is 2. The predicted octanol–water partition coefficient (Wildman–Crippen LogP) is 6.87. The smallest absolute Gasteiger partial charge is 0.261 e. The molecular formula is C44H41N5O6. The van der Waals surface area contributed by atoms with Gasteiger partial charge in [0.25, 0.3) is 11.8 Å². The van der Waals surface area contributed by atoms with Gasteiger partial charge in [0.2, 0.25) is 0 Å².